The number of esters is 1. The van der Waals surface area contributed by atoms with Gasteiger partial charge in [0.15, 0.2) is 0 Å². The van der Waals surface area contributed by atoms with E-state index in [4.69, 9.17) is 0 Å². The number of rotatable bonds is 4. The van der Waals surface area contributed by atoms with Crippen molar-refractivity contribution < 1.29 is 19.1 Å². The molecular weight excluding hydrogens is 286 g/mol. The van der Waals surface area contributed by atoms with E-state index in [1.807, 2.05) is 18.2 Å². The van der Waals surface area contributed by atoms with Crippen molar-refractivity contribution in [1.29, 1.82) is 0 Å². The number of anilines is 1. The molecular formula is C15H19N3O4. The Morgan fingerprint density at radius 2 is 2.00 bits per heavy atom. The molecule has 2 rings (SSSR count). The molecule has 7 nitrogen and oxygen atoms in total. The van der Waals surface area contributed by atoms with E-state index in [1.54, 1.807) is 12.1 Å². The van der Waals surface area contributed by atoms with Crippen LogP contribution in [-0.2, 0) is 14.3 Å². The van der Waals surface area contributed by atoms with Crippen LogP contribution in [0.15, 0.2) is 30.3 Å². The molecule has 7 heteroatoms. The number of nitrogens with one attached hydrogen (secondary N) is 2. The fraction of sp³-hybridized carbons (Fsp3) is 0.400. The summed E-state index contributed by atoms with van der Waals surface area (Å²) in [5, 5.41) is 5.25. The first kappa shape index (κ1) is 15.8. The van der Waals surface area contributed by atoms with Gasteiger partial charge in [0.2, 0.25) is 5.91 Å². The van der Waals surface area contributed by atoms with Gasteiger partial charge in [0.05, 0.1) is 7.11 Å². The molecule has 0 saturated carbocycles. The molecule has 1 fully saturated rings. The molecule has 1 saturated heterocycles. The molecule has 0 aliphatic carbocycles. The van der Waals surface area contributed by atoms with Crippen LogP contribution in [0.5, 0.6) is 0 Å². The molecule has 1 aromatic rings. The molecule has 3 amide bonds. The lowest BCUT2D eigenvalue weighted by Gasteiger charge is -2.24. The first-order valence-corrected chi connectivity index (χ1v) is 7.09. The van der Waals surface area contributed by atoms with Gasteiger partial charge in [-0.2, -0.15) is 0 Å². The number of benzene rings is 1. The first-order chi connectivity index (χ1) is 10.6. The normalized spacial score (nSPS) is 17.0. The van der Waals surface area contributed by atoms with Crippen molar-refractivity contribution in [3.63, 3.8) is 0 Å². The number of carbonyl (C=O) groups excluding carboxylic acids is 3. The Morgan fingerprint density at radius 3 is 2.68 bits per heavy atom. The summed E-state index contributed by atoms with van der Waals surface area (Å²) < 4.78 is 4.47. The van der Waals surface area contributed by atoms with E-state index in [-0.39, 0.29) is 12.5 Å². The Balaban J connectivity index is 1.93. The van der Waals surface area contributed by atoms with Crippen LogP contribution in [0, 0.1) is 0 Å². The van der Waals surface area contributed by atoms with Gasteiger partial charge in [0.25, 0.3) is 0 Å². The summed E-state index contributed by atoms with van der Waals surface area (Å²) in [5.74, 6) is -0.755. The van der Waals surface area contributed by atoms with Crippen molar-refractivity contribution in [1.82, 2.24) is 10.2 Å². The zero-order valence-corrected chi connectivity index (χ0v) is 12.4. The highest BCUT2D eigenvalue weighted by molar-refractivity contribution is 5.97. The molecule has 118 valence electrons. The topological polar surface area (TPSA) is 87.7 Å². The van der Waals surface area contributed by atoms with Crippen LogP contribution in [0.4, 0.5) is 10.5 Å². The summed E-state index contributed by atoms with van der Waals surface area (Å²) in [5.41, 5.74) is 0.689. The minimum Gasteiger partial charge on any atom is -0.468 e. The van der Waals surface area contributed by atoms with Crippen LogP contribution >= 0.6 is 0 Å². The minimum absolute atomic E-state index is 0.209. The maximum Gasteiger partial charge on any atom is 0.325 e. The number of hydrogen-bond acceptors (Lipinski definition) is 4. The number of carbonyl (C=O) groups is 3. The van der Waals surface area contributed by atoms with Gasteiger partial charge in [-0.15, -0.1) is 0 Å². The van der Waals surface area contributed by atoms with Crippen LogP contribution in [0.3, 0.4) is 0 Å². The molecule has 0 radical (unpaired) electrons. The summed E-state index contributed by atoms with van der Waals surface area (Å²) in [4.78, 5) is 36.9. The van der Waals surface area contributed by atoms with Gasteiger partial charge in [-0.05, 0) is 25.0 Å². The van der Waals surface area contributed by atoms with Crippen molar-refractivity contribution in [3.05, 3.63) is 30.3 Å². The second-order valence-corrected chi connectivity index (χ2v) is 4.94. The van der Waals surface area contributed by atoms with Crippen molar-refractivity contribution in [2.24, 2.45) is 0 Å². The lowest BCUT2D eigenvalue weighted by atomic mass is 10.2. The molecule has 0 bridgehead atoms. The largest absolute Gasteiger partial charge is 0.468 e. The lowest BCUT2D eigenvalue weighted by molar-refractivity contribution is -0.139. The van der Waals surface area contributed by atoms with Crippen LogP contribution in [0.1, 0.15) is 12.8 Å². The van der Waals surface area contributed by atoms with E-state index >= 15 is 0 Å². The van der Waals surface area contributed by atoms with Gasteiger partial charge >= 0.3 is 12.0 Å². The fourth-order valence-corrected chi connectivity index (χ4v) is 2.35. The number of urea groups is 1. The van der Waals surface area contributed by atoms with Crippen LogP contribution in [0.25, 0.3) is 0 Å². The Hall–Kier alpha value is -2.57. The number of methoxy groups -OCH3 is 1. The number of hydrogen-bond donors (Lipinski definition) is 2. The summed E-state index contributed by atoms with van der Waals surface area (Å²) in [6, 6.07) is 8.12. The van der Waals surface area contributed by atoms with E-state index in [0.29, 0.717) is 18.7 Å². The van der Waals surface area contributed by atoms with E-state index in [2.05, 4.69) is 15.4 Å². The Bertz CT molecular complexity index is 547. The van der Waals surface area contributed by atoms with Gasteiger partial charge in [0.1, 0.15) is 12.6 Å². The maximum atomic E-state index is 12.3. The molecule has 22 heavy (non-hydrogen) atoms. The highest BCUT2D eigenvalue weighted by atomic mass is 16.5. The Kier molecular flexibility index (Phi) is 5.35. The van der Waals surface area contributed by atoms with Crippen LogP contribution < -0.4 is 10.6 Å². The van der Waals surface area contributed by atoms with Gasteiger partial charge in [-0.3, -0.25) is 9.59 Å². The molecule has 1 unspecified atom stereocenters. The number of ether oxygens (including phenoxy) is 1. The van der Waals surface area contributed by atoms with E-state index in [1.165, 1.54) is 12.0 Å². The van der Waals surface area contributed by atoms with Crippen molar-refractivity contribution in [2.45, 2.75) is 18.9 Å². The second kappa shape index (κ2) is 7.44. The highest BCUT2D eigenvalue weighted by Crippen LogP contribution is 2.19. The van der Waals surface area contributed by atoms with Gasteiger partial charge in [0, 0.05) is 12.2 Å². The van der Waals surface area contributed by atoms with Crippen molar-refractivity contribution in [3.8, 4) is 0 Å². The quantitative estimate of drug-likeness (QED) is 0.812. The lowest BCUT2D eigenvalue weighted by Crippen LogP contribution is -2.48. The molecule has 2 N–H and O–H groups in total. The third-order valence-electron chi connectivity index (χ3n) is 3.47. The molecule has 1 heterocycles. The van der Waals surface area contributed by atoms with Crippen LogP contribution in [-0.4, -0.2) is 49.0 Å². The molecule has 1 aliphatic rings. The SMILES string of the molecule is COC(=O)CNC(=O)N1CCCC1C(=O)Nc1ccccc1. The summed E-state index contributed by atoms with van der Waals surface area (Å²) in [7, 11) is 1.25. The molecule has 1 aliphatic heterocycles. The summed E-state index contributed by atoms with van der Waals surface area (Å²) in [6.07, 6.45) is 1.35. The fourth-order valence-electron chi connectivity index (χ4n) is 2.35. The molecule has 1 atom stereocenters. The summed E-state index contributed by atoms with van der Waals surface area (Å²) >= 11 is 0. The van der Waals surface area contributed by atoms with E-state index in [9.17, 15) is 14.4 Å². The molecule has 0 spiro atoms. The van der Waals surface area contributed by atoms with E-state index in [0.717, 1.165) is 6.42 Å². The van der Waals surface area contributed by atoms with Crippen molar-refractivity contribution in [2.75, 3.05) is 25.5 Å². The Labute approximate surface area is 128 Å². The predicted octanol–water partition coefficient (Wildman–Crippen LogP) is 0.972. The number of para-hydroxylation sites is 1. The average molecular weight is 305 g/mol. The Morgan fingerprint density at radius 1 is 1.27 bits per heavy atom. The van der Waals surface area contributed by atoms with Gasteiger partial charge in [-0.1, -0.05) is 18.2 Å². The average Bonchev–Trinajstić information content (AvgIpc) is 3.03. The smallest absolute Gasteiger partial charge is 0.325 e. The number of nitrogens with zero attached hydrogens (tertiary/aromatic N) is 1. The van der Waals surface area contributed by atoms with E-state index < -0.39 is 18.0 Å². The predicted molar refractivity (Wildman–Crippen MR) is 80.2 cm³/mol. The summed E-state index contributed by atoms with van der Waals surface area (Å²) in [6.45, 7) is 0.277. The number of amides is 3. The molecule has 1 aromatic carbocycles. The monoisotopic (exact) mass is 305 g/mol. The maximum absolute atomic E-state index is 12.3. The minimum atomic E-state index is -0.530. The zero-order valence-electron chi connectivity index (χ0n) is 12.4. The van der Waals surface area contributed by atoms with Crippen LogP contribution in [0.2, 0.25) is 0 Å². The van der Waals surface area contributed by atoms with Crippen molar-refractivity contribution >= 4 is 23.6 Å². The second-order valence-electron chi connectivity index (χ2n) is 4.94. The third kappa shape index (κ3) is 3.97. The van der Waals surface area contributed by atoms with Gasteiger partial charge < -0.3 is 20.3 Å². The van der Waals surface area contributed by atoms with Gasteiger partial charge in [-0.25, -0.2) is 4.79 Å². The standard InChI is InChI=1S/C15H19N3O4/c1-22-13(19)10-16-15(21)18-9-5-8-12(18)14(20)17-11-6-3-2-4-7-11/h2-4,6-7,12H,5,8-10H2,1H3,(H,16,21)(H,17,20). The first-order valence-electron chi connectivity index (χ1n) is 7.09. The highest BCUT2D eigenvalue weighted by Gasteiger charge is 2.34. The number of likely N-dealkylation sites (tertiary alicyclic amines) is 1. The third-order valence-corrected chi connectivity index (χ3v) is 3.47. The molecule has 0 aromatic heterocycles. The zero-order chi connectivity index (χ0) is 15.9.